The second-order valence-corrected chi connectivity index (χ2v) is 9.43. The Morgan fingerprint density at radius 3 is 2.79 bits per heavy atom. The molecule has 0 aliphatic heterocycles. The molecular weight excluding hydrogens is 392 g/mol. The zero-order valence-corrected chi connectivity index (χ0v) is 17.3. The normalized spacial score (nSPS) is 14.6. The summed E-state index contributed by atoms with van der Waals surface area (Å²) in [5.74, 6) is -0.565. The Morgan fingerprint density at radius 2 is 2.00 bits per heavy atom. The van der Waals surface area contributed by atoms with Crippen molar-refractivity contribution < 1.29 is 14.5 Å². The fourth-order valence-electron chi connectivity index (χ4n) is 3.68. The van der Waals surface area contributed by atoms with Crippen LogP contribution >= 0.6 is 22.7 Å². The van der Waals surface area contributed by atoms with E-state index in [-0.39, 0.29) is 5.91 Å². The summed E-state index contributed by atoms with van der Waals surface area (Å²) in [6.07, 6.45) is 4.00. The van der Waals surface area contributed by atoms with Crippen LogP contribution in [0.15, 0.2) is 24.3 Å². The molecule has 2 aromatic heterocycles. The van der Waals surface area contributed by atoms with Gasteiger partial charge in [-0.25, -0.2) is 4.98 Å². The minimum Gasteiger partial charge on any atom is -0.365 e. The Morgan fingerprint density at radius 1 is 1.21 bits per heavy atom. The van der Waals surface area contributed by atoms with E-state index in [1.54, 1.807) is 11.3 Å². The Kier molecular flexibility index (Phi) is 5.43. The highest BCUT2D eigenvalue weighted by Gasteiger charge is 2.25. The number of fused-ring (bicyclic) bond motifs is 2. The topological polar surface area (TPSA) is 89.5 Å². The summed E-state index contributed by atoms with van der Waals surface area (Å²) in [4.78, 5) is 31.4. The van der Waals surface area contributed by atoms with E-state index >= 15 is 0 Å². The van der Waals surface area contributed by atoms with Gasteiger partial charge in [0.25, 0.3) is 11.8 Å². The van der Waals surface area contributed by atoms with Crippen LogP contribution < -0.4 is 16.0 Å². The van der Waals surface area contributed by atoms with Crippen molar-refractivity contribution in [2.45, 2.75) is 32.2 Å². The fraction of sp³-hybridized carbons (Fsp3) is 0.350. The van der Waals surface area contributed by atoms with Gasteiger partial charge < -0.3 is 16.0 Å². The number of benzene rings is 1. The number of para-hydroxylation sites is 1. The van der Waals surface area contributed by atoms with E-state index in [1.165, 1.54) is 16.2 Å². The Labute approximate surface area is 171 Å². The van der Waals surface area contributed by atoms with Gasteiger partial charge in [0.05, 0.1) is 22.8 Å². The molecule has 2 amide bonds. The summed E-state index contributed by atoms with van der Waals surface area (Å²) in [6, 6.07) is 8.04. The van der Waals surface area contributed by atoms with Gasteiger partial charge in [0.1, 0.15) is 16.6 Å². The van der Waals surface area contributed by atoms with Crippen LogP contribution in [0.5, 0.6) is 0 Å². The van der Waals surface area contributed by atoms with E-state index in [4.69, 9.17) is 5.73 Å². The number of nitrogens with zero attached hydrogens (tertiary/aromatic N) is 1. The molecule has 3 aromatic rings. The summed E-state index contributed by atoms with van der Waals surface area (Å²) >= 11 is 3.16. The van der Waals surface area contributed by atoms with Gasteiger partial charge in [0.2, 0.25) is 0 Å². The van der Waals surface area contributed by atoms with E-state index in [0.717, 1.165) is 51.4 Å². The molecule has 0 spiro atoms. The van der Waals surface area contributed by atoms with Crippen LogP contribution in [0.4, 0.5) is 5.00 Å². The number of hydrogen-bond acceptors (Lipinski definition) is 5. The van der Waals surface area contributed by atoms with Gasteiger partial charge in [0, 0.05) is 4.88 Å². The SMILES string of the molecule is C[NH+](CC(=O)Nc1sc2c(c1C(N)=O)CCCC2)Cc1nc2ccccc2s1. The largest absolute Gasteiger partial charge is 0.365 e. The summed E-state index contributed by atoms with van der Waals surface area (Å²) in [5, 5.41) is 4.55. The first-order valence-corrected chi connectivity index (χ1v) is 11.0. The molecule has 1 atom stereocenters. The van der Waals surface area contributed by atoms with E-state index < -0.39 is 5.91 Å². The molecule has 8 heteroatoms. The number of carbonyl (C=O) groups is 2. The van der Waals surface area contributed by atoms with E-state index in [2.05, 4.69) is 16.4 Å². The van der Waals surface area contributed by atoms with Crippen molar-refractivity contribution in [3.8, 4) is 0 Å². The Balaban J connectivity index is 1.42. The number of carbonyl (C=O) groups excluding carboxylic acids is 2. The molecule has 0 saturated carbocycles. The lowest BCUT2D eigenvalue weighted by Gasteiger charge is -2.12. The molecule has 1 aliphatic rings. The average molecular weight is 416 g/mol. The number of aryl methyl sites for hydroxylation is 1. The van der Waals surface area contributed by atoms with Crippen molar-refractivity contribution in [3.05, 3.63) is 45.3 Å². The molecule has 6 nitrogen and oxygen atoms in total. The van der Waals surface area contributed by atoms with E-state index in [9.17, 15) is 9.59 Å². The van der Waals surface area contributed by atoms with Gasteiger partial charge in [-0.2, -0.15) is 0 Å². The number of aromatic nitrogens is 1. The number of likely N-dealkylation sites (N-methyl/N-ethyl adjacent to an activating group) is 1. The van der Waals surface area contributed by atoms with Crippen molar-refractivity contribution in [2.24, 2.45) is 5.73 Å². The monoisotopic (exact) mass is 415 g/mol. The lowest BCUT2D eigenvalue weighted by atomic mass is 9.95. The minimum atomic E-state index is -0.454. The maximum absolute atomic E-state index is 12.6. The molecule has 0 radical (unpaired) electrons. The molecule has 0 fully saturated rings. The number of amides is 2. The van der Waals surface area contributed by atoms with Crippen molar-refractivity contribution >= 4 is 49.7 Å². The highest BCUT2D eigenvalue weighted by atomic mass is 32.1. The van der Waals surface area contributed by atoms with Crippen molar-refractivity contribution in [2.75, 3.05) is 18.9 Å². The van der Waals surface area contributed by atoms with E-state index in [1.807, 2.05) is 25.2 Å². The molecule has 146 valence electrons. The van der Waals surface area contributed by atoms with Gasteiger partial charge in [0.15, 0.2) is 6.54 Å². The first kappa shape index (κ1) is 19.0. The highest BCUT2D eigenvalue weighted by Crippen LogP contribution is 2.37. The van der Waals surface area contributed by atoms with Crippen LogP contribution in [0, 0.1) is 0 Å². The molecule has 4 rings (SSSR count). The summed E-state index contributed by atoms with van der Waals surface area (Å²) in [7, 11) is 1.97. The van der Waals surface area contributed by atoms with Crippen LogP contribution in [0.3, 0.4) is 0 Å². The standard InChI is InChI=1S/C20H22N4O2S2/c1-24(11-17-22-13-7-3-5-9-15(13)27-17)10-16(25)23-20-18(19(21)26)12-6-2-4-8-14(12)28-20/h3,5,7,9H,2,4,6,8,10-11H2,1H3,(H2,21,26)(H,23,25)/p+1. The second-order valence-electron chi connectivity index (χ2n) is 7.21. The molecule has 2 heterocycles. The lowest BCUT2D eigenvalue weighted by molar-refractivity contribution is -0.885. The molecular formula is C20H23N4O2S2+. The zero-order chi connectivity index (χ0) is 19.7. The van der Waals surface area contributed by atoms with E-state index in [0.29, 0.717) is 23.7 Å². The number of rotatable bonds is 6. The molecule has 0 bridgehead atoms. The van der Waals surface area contributed by atoms with Crippen LogP contribution in [0.1, 0.15) is 38.6 Å². The Hall–Kier alpha value is -2.29. The third-order valence-electron chi connectivity index (χ3n) is 4.92. The maximum Gasteiger partial charge on any atom is 0.280 e. The predicted octanol–water partition coefficient (Wildman–Crippen LogP) is 1.99. The number of quaternary nitrogens is 1. The van der Waals surface area contributed by atoms with Gasteiger partial charge in [-0.3, -0.25) is 9.59 Å². The number of nitrogens with one attached hydrogen (secondary N) is 2. The number of thiazole rings is 1. The number of hydrogen-bond donors (Lipinski definition) is 3. The first-order valence-electron chi connectivity index (χ1n) is 9.41. The summed E-state index contributed by atoms with van der Waals surface area (Å²) in [6.45, 7) is 0.979. The molecule has 1 aliphatic carbocycles. The van der Waals surface area contributed by atoms with Crippen molar-refractivity contribution in [3.63, 3.8) is 0 Å². The van der Waals surface area contributed by atoms with Crippen LogP contribution in [-0.2, 0) is 24.2 Å². The Bertz CT molecular complexity index is 1010. The summed E-state index contributed by atoms with van der Waals surface area (Å²) < 4.78 is 1.16. The number of anilines is 1. The van der Waals surface area contributed by atoms with Crippen molar-refractivity contribution in [1.29, 1.82) is 0 Å². The summed E-state index contributed by atoms with van der Waals surface area (Å²) in [5.41, 5.74) is 8.15. The minimum absolute atomic E-state index is 0.111. The second kappa shape index (κ2) is 7.98. The van der Waals surface area contributed by atoms with Crippen molar-refractivity contribution in [1.82, 2.24) is 4.98 Å². The van der Waals surface area contributed by atoms with Gasteiger partial charge in [-0.05, 0) is 43.4 Å². The quantitative estimate of drug-likeness (QED) is 0.575. The number of thiophene rings is 1. The smallest absolute Gasteiger partial charge is 0.280 e. The fourth-order valence-corrected chi connectivity index (χ4v) is 6.07. The number of primary amides is 1. The highest BCUT2D eigenvalue weighted by molar-refractivity contribution is 7.18. The molecule has 0 saturated heterocycles. The number of nitrogens with two attached hydrogens (primary N) is 1. The van der Waals surface area contributed by atoms with Crippen LogP contribution in [0.2, 0.25) is 0 Å². The molecule has 1 aromatic carbocycles. The average Bonchev–Trinajstić information content (AvgIpc) is 3.20. The third-order valence-corrected chi connectivity index (χ3v) is 7.17. The molecule has 4 N–H and O–H groups in total. The van der Waals surface area contributed by atoms with Gasteiger partial charge in [-0.15, -0.1) is 22.7 Å². The van der Waals surface area contributed by atoms with Crippen LogP contribution in [-0.4, -0.2) is 30.4 Å². The van der Waals surface area contributed by atoms with Gasteiger partial charge >= 0.3 is 0 Å². The van der Waals surface area contributed by atoms with Gasteiger partial charge in [-0.1, -0.05) is 12.1 Å². The zero-order valence-electron chi connectivity index (χ0n) is 15.7. The maximum atomic E-state index is 12.6. The van der Waals surface area contributed by atoms with Crippen LogP contribution in [0.25, 0.3) is 10.2 Å². The predicted molar refractivity (Wildman–Crippen MR) is 113 cm³/mol. The lowest BCUT2D eigenvalue weighted by Crippen LogP contribution is -3.08. The first-order chi connectivity index (χ1) is 13.5. The third kappa shape index (κ3) is 3.94. The molecule has 28 heavy (non-hydrogen) atoms. The molecule has 1 unspecified atom stereocenters.